The van der Waals surface area contributed by atoms with Crippen molar-refractivity contribution in [2.45, 2.75) is 45.6 Å². The predicted octanol–water partition coefficient (Wildman–Crippen LogP) is 2.45. The molecule has 0 aliphatic rings. The van der Waals surface area contributed by atoms with Crippen LogP contribution in [0.2, 0.25) is 0 Å². The van der Waals surface area contributed by atoms with Gasteiger partial charge in [0, 0.05) is 5.56 Å². The van der Waals surface area contributed by atoms with Crippen LogP contribution in [-0.2, 0) is 6.42 Å². The minimum Gasteiger partial charge on any atom is -0.472 e. The first-order valence-corrected chi connectivity index (χ1v) is 8.54. The maximum Gasteiger partial charge on any atom is 0.260 e. The molecule has 3 aromatic heterocycles. The fourth-order valence-electron chi connectivity index (χ4n) is 2.76. The third-order valence-corrected chi connectivity index (χ3v) is 3.90. The molecule has 4 N–H and O–H groups in total. The smallest absolute Gasteiger partial charge is 0.260 e. The highest BCUT2D eigenvalue weighted by molar-refractivity contribution is 5.89. The molecule has 3 heterocycles. The standard InChI is InChI=1S/C17H24N6O2/c1-11(2)25-16-14-13(15(19)21-22-16)20-10-23(14)17-12(7-9-24-17)6-4-3-5-8-18/h7,9-11H,3-6,8,18H2,1-2H3,(H2,19,21). The first kappa shape index (κ1) is 17.2. The molecule has 0 saturated heterocycles. The molecule has 0 radical (unpaired) electrons. The van der Waals surface area contributed by atoms with Crippen LogP contribution in [0.25, 0.3) is 16.9 Å². The van der Waals surface area contributed by atoms with E-state index in [2.05, 4.69) is 15.2 Å². The van der Waals surface area contributed by atoms with Gasteiger partial charge >= 0.3 is 0 Å². The molecule has 0 spiro atoms. The largest absolute Gasteiger partial charge is 0.472 e. The van der Waals surface area contributed by atoms with E-state index in [0.717, 1.165) is 37.8 Å². The molecule has 0 aliphatic carbocycles. The fourth-order valence-corrected chi connectivity index (χ4v) is 2.76. The van der Waals surface area contributed by atoms with E-state index in [0.29, 0.717) is 22.8 Å². The van der Waals surface area contributed by atoms with Crippen molar-refractivity contribution in [2.24, 2.45) is 5.73 Å². The Balaban J connectivity index is 1.99. The molecule has 0 amide bonds. The second kappa shape index (κ2) is 7.52. The summed E-state index contributed by atoms with van der Waals surface area (Å²) in [6.45, 7) is 4.58. The zero-order valence-corrected chi connectivity index (χ0v) is 14.6. The van der Waals surface area contributed by atoms with Crippen LogP contribution in [0.3, 0.4) is 0 Å². The molecule has 0 atom stereocenters. The average Bonchev–Trinajstić information content (AvgIpc) is 3.20. The van der Waals surface area contributed by atoms with Crippen LogP contribution in [0, 0.1) is 0 Å². The van der Waals surface area contributed by atoms with Crippen molar-refractivity contribution in [2.75, 3.05) is 12.3 Å². The number of fused-ring (bicyclic) bond motifs is 1. The van der Waals surface area contributed by atoms with E-state index in [9.17, 15) is 0 Å². The molecular formula is C17H24N6O2. The summed E-state index contributed by atoms with van der Waals surface area (Å²) in [5.41, 5.74) is 13.8. The summed E-state index contributed by atoms with van der Waals surface area (Å²) in [4.78, 5) is 4.37. The summed E-state index contributed by atoms with van der Waals surface area (Å²) in [6, 6.07) is 1.98. The Morgan fingerprint density at radius 2 is 2.08 bits per heavy atom. The minimum absolute atomic E-state index is 0.0446. The normalized spacial score (nSPS) is 11.5. The summed E-state index contributed by atoms with van der Waals surface area (Å²) in [5.74, 6) is 1.36. The number of hydrogen-bond donors (Lipinski definition) is 2. The third-order valence-electron chi connectivity index (χ3n) is 3.90. The maximum absolute atomic E-state index is 5.93. The molecule has 0 aliphatic heterocycles. The first-order valence-electron chi connectivity index (χ1n) is 8.54. The van der Waals surface area contributed by atoms with Crippen molar-refractivity contribution in [3.63, 3.8) is 0 Å². The Morgan fingerprint density at radius 1 is 1.24 bits per heavy atom. The summed E-state index contributed by atoms with van der Waals surface area (Å²) < 4.78 is 13.3. The van der Waals surface area contributed by atoms with Crippen LogP contribution < -0.4 is 16.2 Å². The zero-order chi connectivity index (χ0) is 17.8. The van der Waals surface area contributed by atoms with Gasteiger partial charge in [0.05, 0.1) is 12.4 Å². The van der Waals surface area contributed by atoms with Gasteiger partial charge in [0.1, 0.15) is 17.4 Å². The molecule has 0 bridgehead atoms. The van der Waals surface area contributed by atoms with Gasteiger partial charge in [0.2, 0.25) is 5.88 Å². The predicted molar refractivity (Wildman–Crippen MR) is 95.7 cm³/mol. The summed E-state index contributed by atoms with van der Waals surface area (Å²) in [5, 5.41) is 8.02. The van der Waals surface area contributed by atoms with Crippen molar-refractivity contribution < 1.29 is 9.15 Å². The molecule has 0 saturated carbocycles. The molecule has 25 heavy (non-hydrogen) atoms. The lowest BCUT2D eigenvalue weighted by atomic mass is 10.1. The van der Waals surface area contributed by atoms with E-state index in [1.807, 2.05) is 24.5 Å². The Hall–Kier alpha value is -2.61. The van der Waals surface area contributed by atoms with Crippen LogP contribution in [0.4, 0.5) is 5.82 Å². The lowest BCUT2D eigenvalue weighted by Gasteiger charge is -2.11. The highest BCUT2D eigenvalue weighted by Gasteiger charge is 2.20. The molecule has 0 aromatic carbocycles. The highest BCUT2D eigenvalue weighted by atomic mass is 16.5. The van der Waals surface area contributed by atoms with Gasteiger partial charge in [-0.05, 0) is 45.7 Å². The average molecular weight is 344 g/mol. The van der Waals surface area contributed by atoms with Crippen LogP contribution in [0.5, 0.6) is 5.88 Å². The third kappa shape index (κ3) is 3.58. The molecule has 0 fully saturated rings. The van der Waals surface area contributed by atoms with Gasteiger partial charge in [-0.3, -0.25) is 4.57 Å². The van der Waals surface area contributed by atoms with Gasteiger partial charge in [0.25, 0.3) is 5.88 Å². The molecule has 8 nitrogen and oxygen atoms in total. The molecule has 3 aromatic rings. The summed E-state index contributed by atoms with van der Waals surface area (Å²) in [7, 11) is 0. The number of unbranched alkanes of at least 4 members (excludes halogenated alkanes) is 2. The van der Waals surface area contributed by atoms with Crippen molar-refractivity contribution in [1.82, 2.24) is 19.7 Å². The Morgan fingerprint density at radius 3 is 2.84 bits per heavy atom. The van der Waals surface area contributed by atoms with Gasteiger partial charge in [-0.25, -0.2) is 4.98 Å². The number of aryl methyl sites for hydroxylation is 1. The van der Waals surface area contributed by atoms with Crippen LogP contribution in [0.15, 0.2) is 23.1 Å². The molecular weight excluding hydrogens is 320 g/mol. The van der Waals surface area contributed by atoms with Gasteiger partial charge in [-0.15, -0.1) is 10.2 Å². The van der Waals surface area contributed by atoms with Crippen molar-refractivity contribution >= 4 is 16.9 Å². The lowest BCUT2D eigenvalue weighted by molar-refractivity contribution is 0.232. The van der Waals surface area contributed by atoms with Gasteiger partial charge < -0.3 is 20.6 Å². The van der Waals surface area contributed by atoms with Crippen molar-refractivity contribution in [3.8, 4) is 11.8 Å². The zero-order valence-electron chi connectivity index (χ0n) is 14.6. The summed E-state index contributed by atoms with van der Waals surface area (Å²) in [6.07, 6.45) is 7.37. The van der Waals surface area contributed by atoms with Crippen molar-refractivity contribution in [3.05, 3.63) is 24.2 Å². The SMILES string of the molecule is CC(C)Oc1nnc(N)c2ncn(-c3occc3CCCCCN)c12. The van der Waals surface area contributed by atoms with Gasteiger partial charge in [0.15, 0.2) is 5.82 Å². The number of nitrogen functional groups attached to an aromatic ring is 1. The number of nitrogens with zero attached hydrogens (tertiary/aromatic N) is 4. The first-order chi connectivity index (χ1) is 12.1. The van der Waals surface area contributed by atoms with E-state index in [-0.39, 0.29) is 11.9 Å². The second-order valence-corrected chi connectivity index (χ2v) is 6.22. The number of rotatable bonds is 8. The number of nitrogens with two attached hydrogens (primary N) is 2. The van der Waals surface area contributed by atoms with E-state index < -0.39 is 0 Å². The Kier molecular flexibility index (Phi) is 5.18. The molecule has 0 unspecified atom stereocenters. The second-order valence-electron chi connectivity index (χ2n) is 6.22. The molecule has 134 valence electrons. The van der Waals surface area contributed by atoms with Crippen molar-refractivity contribution in [1.29, 1.82) is 0 Å². The Bertz CT molecular complexity index is 839. The van der Waals surface area contributed by atoms with Crippen LogP contribution >= 0.6 is 0 Å². The fraction of sp³-hybridized carbons (Fsp3) is 0.471. The van der Waals surface area contributed by atoms with E-state index in [4.69, 9.17) is 20.6 Å². The quantitative estimate of drug-likeness (QED) is 0.602. The van der Waals surface area contributed by atoms with Gasteiger partial charge in [-0.2, -0.15) is 0 Å². The van der Waals surface area contributed by atoms with E-state index in [1.54, 1.807) is 12.6 Å². The van der Waals surface area contributed by atoms with E-state index >= 15 is 0 Å². The Labute approximate surface area is 146 Å². The molecule has 3 rings (SSSR count). The number of aromatic nitrogens is 4. The number of hydrogen-bond acceptors (Lipinski definition) is 7. The van der Waals surface area contributed by atoms with Crippen LogP contribution in [-0.4, -0.2) is 32.4 Å². The lowest BCUT2D eigenvalue weighted by Crippen LogP contribution is -2.10. The molecule has 8 heteroatoms. The topological polar surface area (TPSA) is 118 Å². The number of furan rings is 1. The number of anilines is 1. The highest BCUT2D eigenvalue weighted by Crippen LogP contribution is 2.30. The van der Waals surface area contributed by atoms with E-state index in [1.165, 1.54) is 0 Å². The summed E-state index contributed by atoms with van der Waals surface area (Å²) >= 11 is 0. The number of imidazole rings is 1. The van der Waals surface area contributed by atoms with Crippen LogP contribution in [0.1, 0.15) is 38.7 Å². The minimum atomic E-state index is -0.0446. The number of ether oxygens (including phenoxy) is 1. The monoisotopic (exact) mass is 344 g/mol. The maximum atomic E-state index is 5.93. The van der Waals surface area contributed by atoms with Gasteiger partial charge in [-0.1, -0.05) is 6.42 Å².